The van der Waals surface area contributed by atoms with Crippen LogP contribution >= 0.6 is 0 Å². The Morgan fingerprint density at radius 3 is 2.77 bits per heavy atom. The van der Waals surface area contributed by atoms with E-state index in [1.165, 1.54) is 0 Å². The van der Waals surface area contributed by atoms with Crippen LogP contribution in [0.2, 0.25) is 0 Å². The normalized spacial score (nSPS) is 11.0. The van der Waals surface area contributed by atoms with Crippen molar-refractivity contribution in [2.75, 3.05) is 31.6 Å². The molecule has 0 aliphatic carbocycles. The van der Waals surface area contributed by atoms with E-state index in [1.807, 2.05) is 24.3 Å². The maximum atomic E-state index is 10.2. The number of methoxy groups -OCH3 is 1. The average molecular weight is 404 g/mol. The van der Waals surface area contributed by atoms with Crippen molar-refractivity contribution in [1.82, 2.24) is 25.5 Å². The van der Waals surface area contributed by atoms with Gasteiger partial charge < -0.3 is 20.1 Å². The number of hydrogen-bond acceptors (Lipinski definition) is 7. The van der Waals surface area contributed by atoms with Gasteiger partial charge in [-0.3, -0.25) is 10.1 Å². The summed E-state index contributed by atoms with van der Waals surface area (Å²) >= 11 is 0. The first kappa shape index (κ1) is 19.7. The molecule has 0 bridgehead atoms. The second-order valence-corrected chi connectivity index (χ2v) is 6.81. The molecule has 2 aromatic carbocycles. The van der Waals surface area contributed by atoms with Gasteiger partial charge in [0.05, 0.1) is 36.2 Å². The van der Waals surface area contributed by atoms with Crippen LogP contribution in [0.25, 0.3) is 22.3 Å². The maximum absolute atomic E-state index is 10.2. The van der Waals surface area contributed by atoms with Crippen LogP contribution in [-0.2, 0) is 0 Å². The predicted octanol–water partition coefficient (Wildman–Crippen LogP) is 3.48. The number of nitrogens with zero attached hydrogens (tertiary/aromatic N) is 4. The second-order valence-electron chi connectivity index (χ2n) is 6.81. The number of anilines is 2. The van der Waals surface area contributed by atoms with Gasteiger partial charge in [-0.15, -0.1) is 0 Å². The van der Waals surface area contributed by atoms with Crippen molar-refractivity contribution >= 4 is 22.4 Å². The number of fused-ring (bicyclic) bond motifs is 1. The molecule has 0 fully saturated rings. The van der Waals surface area contributed by atoms with Gasteiger partial charge in [-0.1, -0.05) is 6.92 Å². The van der Waals surface area contributed by atoms with Crippen molar-refractivity contribution < 1.29 is 9.84 Å². The molecule has 0 atom stereocenters. The summed E-state index contributed by atoms with van der Waals surface area (Å²) < 4.78 is 5.34. The number of aromatic nitrogens is 4. The van der Waals surface area contributed by atoms with Crippen LogP contribution in [0.3, 0.4) is 0 Å². The molecule has 0 radical (unpaired) electrons. The third-order valence-corrected chi connectivity index (χ3v) is 4.82. The summed E-state index contributed by atoms with van der Waals surface area (Å²) in [6, 6.07) is 11.2. The Balaban J connectivity index is 1.76. The van der Waals surface area contributed by atoms with Gasteiger partial charge in [-0.2, -0.15) is 5.10 Å². The van der Waals surface area contributed by atoms with Crippen LogP contribution < -0.4 is 15.0 Å². The Labute approximate surface area is 174 Å². The van der Waals surface area contributed by atoms with E-state index in [-0.39, 0.29) is 5.75 Å². The Bertz CT molecular complexity index is 1130. The molecular weight excluding hydrogens is 380 g/mol. The molecular formula is C22H24N6O2. The molecule has 0 spiro atoms. The number of likely N-dealkylation sites (N-methyl/N-ethyl adjacent to an activating group) is 1. The maximum Gasteiger partial charge on any atom is 0.124 e. The molecule has 0 aliphatic heterocycles. The van der Waals surface area contributed by atoms with E-state index in [9.17, 15) is 5.11 Å². The summed E-state index contributed by atoms with van der Waals surface area (Å²) in [6.45, 7) is 4.45. The van der Waals surface area contributed by atoms with E-state index in [4.69, 9.17) is 9.72 Å². The fourth-order valence-corrected chi connectivity index (χ4v) is 3.31. The van der Waals surface area contributed by atoms with Gasteiger partial charge in [-0.25, -0.2) is 4.98 Å². The van der Waals surface area contributed by atoms with Crippen LogP contribution in [0, 0.1) is 0 Å². The van der Waals surface area contributed by atoms with Gasteiger partial charge in [0, 0.05) is 54.4 Å². The highest BCUT2D eigenvalue weighted by Crippen LogP contribution is 2.33. The fraction of sp³-hybridized carbons (Fsp3) is 0.227. The number of nitrogens with one attached hydrogen (secondary N) is 2. The standard InChI is InChI=1S/C22H24N6O2/c1-3-23-6-7-28(17-8-18(29)11-19(9-17)30-2)16-4-5-20-21(10-16)27-22(14-24-20)15-12-25-26-13-15/h4-5,8-14,23,29H,3,6-7H2,1-2H3,(H,25,26). The molecule has 8 heteroatoms. The first-order valence-corrected chi connectivity index (χ1v) is 9.80. The van der Waals surface area contributed by atoms with Crippen LogP contribution in [0.15, 0.2) is 55.0 Å². The monoisotopic (exact) mass is 404 g/mol. The number of phenols is 1. The van der Waals surface area contributed by atoms with Gasteiger partial charge in [0.25, 0.3) is 0 Å². The summed E-state index contributed by atoms with van der Waals surface area (Å²) in [4.78, 5) is 11.4. The van der Waals surface area contributed by atoms with Crippen molar-refractivity contribution in [3.05, 3.63) is 55.0 Å². The zero-order chi connectivity index (χ0) is 20.9. The molecule has 2 heterocycles. The topological polar surface area (TPSA) is 99.2 Å². The lowest BCUT2D eigenvalue weighted by Gasteiger charge is -2.26. The second kappa shape index (κ2) is 8.79. The molecule has 0 amide bonds. The van der Waals surface area contributed by atoms with Crippen LogP contribution in [0.5, 0.6) is 11.5 Å². The SMILES string of the molecule is CCNCCN(c1cc(O)cc(OC)c1)c1ccc2ncc(-c3cn[nH]c3)nc2c1. The molecule has 8 nitrogen and oxygen atoms in total. The third kappa shape index (κ3) is 4.18. The van der Waals surface area contributed by atoms with Gasteiger partial charge in [0.1, 0.15) is 11.5 Å². The summed E-state index contributed by atoms with van der Waals surface area (Å²) in [6.07, 6.45) is 5.26. The van der Waals surface area contributed by atoms with Crippen molar-refractivity contribution in [2.24, 2.45) is 0 Å². The first-order chi connectivity index (χ1) is 14.7. The highest BCUT2D eigenvalue weighted by atomic mass is 16.5. The number of hydrogen-bond donors (Lipinski definition) is 3. The zero-order valence-electron chi connectivity index (χ0n) is 17.0. The number of phenolic OH excluding ortho intramolecular Hbond substituents is 1. The summed E-state index contributed by atoms with van der Waals surface area (Å²) in [5.74, 6) is 0.752. The number of H-pyrrole nitrogens is 1. The Kier molecular flexibility index (Phi) is 5.76. The lowest BCUT2D eigenvalue weighted by atomic mass is 10.2. The van der Waals surface area contributed by atoms with Crippen molar-refractivity contribution in [3.8, 4) is 22.8 Å². The minimum Gasteiger partial charge on any atom is -0.508 e. The summed E-state index contributed by atoms with van der Waals surface area (Å²) in [5, 5.41) is 20.3. The van der Waals surface area contributed by atoms with E-state index in [2.05, 4.69) is 32.3 Å². The number of benzene rings is 2. The smallest absolute Gasteiger partial charge is 0.124 e. The van der Waals surface area contributed by atoms with Gasteiger partial charge in [0.2, 0.25) is 0 Å². The quantitative estimate of drug-likeness (QED) is 0.387. The minimum atomic E-state index is 0.153. The number of ether oxygens (including phenoxy) is 1. The first-order valence-electron chi connectivity index (χ1n) is 9.80. The van der Waals surface area contributed by atoms with Crippen LogP contribution in [-0.4, -0.2) is 52.0 Å². The van der Waals surface area contributed by atoms with Gasteiger partial charge >= 0.3 is 0 Å². The van der Waals surface area contributed by atoms with E-state index in [0.29, 0.717) is 12.3 Å². The lowest BCUT2D eigenvalue weighted by Crippen LogP contribution is -2.28. The highest BCUT2D eigenvalue weighted by molar-refractivity contribution is 5.82. The molecule has 4 aromatic rings. The van der Waals surface area contributed by atoms with Gasteiger partial charge in [0.15, 0.2) is 0 Å². The number of aromatic amines is 1. The molecule has 3 N–H and O–H groups in total. The van der Waals surface area contributed by atoms with E-state index >= 15 is 0 Å². The number of aromatic hydroxyl groups is 1. The van der Waals surface area contributed by atoms with E-state index in [1.54, 1.807) is 37.8 Å². The fourth-order valence-electron chi connectivity index (χ4n) is 3.31. The molecule has 30 heavy (non-hydrogen) atoms. The van der Waals surface area contributed by atoms with Crippen LogP contribution in [0.4, 0.5) is 11.4 Å². The van der Waals surface area contributed by atoms with Crippen molar-refractivity contribution in [1.29, 1.82) is 0 Å². The largest absolute Gasteiger partial charge is 0.508 e. The third-order valence-electron chi connectivity index (χ3n) is 4.82. The molecule has 2 aromatic heterocycles. The summed E-state index contributed by atoms with van der Waals surface area (Å²) in [5.41, 5.74) is 5.02. The average Bonchev–Trinajstić information content (AvgIpc) is 3.30. The van der Waals surface area contributed by atoms with Crippen molar-refractivity contribution in [2.45, 2.75) is 6.92 Å². The highest BCUT2D eigenvalue weighted by Gasteiger charge is 2.14. The molecule has 0 unspecified atom stereocenters. The minimum absolute atomic E-state index is 0.153. The number of rotatable bonds is 8. The van der Waals surface area contributed by atoms with Crippen LogP contribution in [0.1, 0.15) is 6.92 Å². The van der Waals surface area contributed by atoms with Crippen molar-refractivity contribution in [3.63, 3.8) is 0 Å². The lowest BCUT2D eigenvalue weighted by molar-refractivity contribution is 0.408. The van der Waals surface area contributed by atoms with E-state index in [0.717, 1.165) is 46.8 Å². The predicted molar refractivity (Wildman–Crippen MR) is 117 cm³/mol. The Morgan fingerprint density at radius 1 is 1.10 bits per heavy atom. The zero-order valence-corrected chi connectivity index (χ0v) is 17.0. The molecule has 4 rings (SSSR count). The Hall–Kier alpha value is -3.65. The molecule has 0 aliphatic rings. The molecule has 154 valence electrons. The Morgan fingerprint density at radius 2 is 2.00 bits per heavy atom. The van der Waals surface area contributed by atoms with E-state index < -0.39 is 0 Å². The summed E-state index contributed by atoms with van der Waals surface area (Å²) in [7, 11) is 1.59. The molecule has 0 saturated heterocycles. The molecule has 0 saturated carbocycles. The van der Waals surface area contributed by atoms with Gasteiger partial charge in [-0.05, 0) is 24.7 Å².